The van der Waals surface area contributed by atoms with Crippen LogP contribution in [0.5, 0.6) is 0 Å². The maximum absolute atomic E-state index is 13.2. The molecule has 5 nitrogen and oxygen atoms in total. The van der Waals surface area contributed by atoms with E-state index < -0.39 is 11.9 Å². The fraction of sp³-hybridized carbons (Fsp3) is 0.364. The minimum Gasteiger partial charge on any atom is -0.328 e. The highest BCUT2D eigenvalue weighted by molar-refractivity contribution is 5.80. The number of aryl methyl sites for hydroxylation is 1. The van der Waals surface area contributed by atoms with E-state index in [4.69, 9.17) is 10.9 Å². The summed E-state index contributed by atoms with van der Waals surface area (Å²) in [4.78, 5) is 11.1. The molecule has 1 atom stereocenters. The van der Waals surface area contributed by atoms with Gasteiger partial charge in [0.25, 0.3) is 5.91 Å². The number of hydrogen-bond donors (Lipinski definition) is 4. The van der Waals surface area contributed by atoms with E-state index in [1.807, 2.05) is 0 Å². The van der Waals surface area contributed by atoms with E-state index >= 15 is 0 Å². The van der Waals surface area contributed by atoms with Gasteiger partial charge in [0.2, 0.25) is 0 Å². The molecule has 17 heavy (non-hydrogen) atoms. The normalized spacial score (nSPS) is 12.2. The first kappa shape index (κ1) is 13.6. The van der Waals surface area contributed by atoms with Crippen LogP contribution in [0.25, 0.3) is 0 Å². The van der Waals surface area contributed by atoms with Crippen LogP contribution < -0.4 is 16.5 Å². The lowest BCUT2D eigenvalue weighted by Gasteiger charge is -2.14. The van der Waals surface area contributed by atoms with Crippen LogP contribution in [0.3, 0.4) is 0 Å². The molecular weight excluding hydrogens is 225 g/mol. The zero-order chi connectivity index (χ0) is 12.8. The number of hydrogen-bond acceptors (Lipinski definition) is 4. The van der Waals surface area contributed by atoms with Gasteiger partial charge in [-0.15, -0.1) is 0 Å². The Morgan fingerprint density at radius 3 is 2.82 bits per heavy atom. The highest BCUT2D eigenvalue weighted by atomic mass is 19.1. The van der Waals surface area contributed by atoms with Crippen molar-refractivity contribution >= 4 is 5.91 Å². The van der Waals surface area contributed by atoms with Crippen molar-refractivity contribution < 1.29 is 14.4 Å². The quantitative estimate of drug-likeness (QED) is 0.433. The molecule has 94 valence electrons. The Kier molecular flexibility index (Phi) is 5.02. The largest absolute Gasteiger partial charge is 0.328 e. The van der Waals surface area contributed by atoms with Crippen LogP contribution in [-0.2, 0) is 11.3 Å². The molecule has 1 rings (SSSR count). The molecule has 0 aliphatic carbocycles. The zero-order valence-corrected chi connectivity index (χ0v) is 9.53. The van der Waals surface area contributed by atoms with Gasteiger partial charge in [0.05, 0.1) is 0 Å². The molecular formula is C11H16FN3O2. The standard InChI is InChI=1S/C11H16FN3O2/c1-7-2-3-8(4-9(7)12)6-14-10(5-13)11(16)15-17/h2-4,10,14,17H,5-6,13H2,1H3,(H,15,16)/t10-/m0/s1. The van der Waals surface area contributed by atoms with Gasteiger partial charge >= 0.3 is 0 Å². The summed E-state index contributed by atoms with van der Waals surface area (Å²) in [5.41, 5.74) is 8.15. The molecule has 0 aliphatic rings. The van der Waals surface area contributed by atoms with Gasteiger partial charge in [-0.25, -0.2) is 9.87 Å². The van der Waals surface area contributed by atoms with Gasteiger partial charge in [-0.1, -0.05) is 12.1 Å². The summed E-state index contributed by atoms with van der Waals surface area (Å²) >= 11 is 0. The number of halogens is 1. The summed E-state index contributed by atoms with van der Waals surface area (Å²) in [7, 11) is 0. The summed E-state index contributed by atoms with van der Waals surface area (Å²) in [6.07, 6.45) is 0. The first-order valence-electron chi connectivity index (χ1n) is 5.21. The number of nitrogens with two attached hydrogens (primary N) is 1. The van der Waals surface area contributed by atoms with Crippen LogP contribution in [0.2, 0.25) is 0 Å². The van der Waals surface area contributed by atoms with Crippen LogP contribution in [0.1, 0.15) is 11.1 Å². The predicted molar refractivity (Wildman–Crippen MR) is 60.7 cm³/mol. The van der Waals surface area contributed by atoms with Gasteiger partial charge in [-0.2, -0.15) is 0 Å². The van der Waals surface area contributed by atoms with Gasteiger partial charge in [-0.05, 0) is 24.1 Å². The summed E-state index contributed by atoms with van der Waals surface area (Å²) in [6, 6.07) is 4.11. The van der Waals surface area contributed by atoms with Crippen molar-refractivity contribution in [2.45, 2.75) is 19.5 Å². The molecule has 0 spiro atoms. The minimum atomic E-state index is -0.704. The SMILES string of the molecule is Cc1ccc(CN[C@@H](CN)C(=O)NO)cc1F. The molecule has 0 heterocycles. The molecule has 0 fully saturated rings. The van der Waals surface area contributed by atoms with Gasteiger partial charge in [0.15, 0.2) is 0 Å². The zero-order valence-electron chi connectivity index (χ0n) is 9.53. The summed E-state index contributed by atoms with van der Waals surface area (Å²) in [5.74, 6) is -0.903. The molecule has 0 unspecified atom stereocenters. The Labute approximate surface area is 98.8 Å². The molecule has 1 amide bonds. The molecule has 1 aromatic carbocycles. The summed E-state index contributed by atoms with van der Waals surface area (Å²) in [6.45, 7) is 2.02. The van der Waals surface area contributed by atoms with Crippen LogP contribution in [0.4, 0.5) is 4.39 Å². The average Bonchev–Trinajstić information content (AvgIpc) is 2.33. The number of carbonyl (C=O) groups is 1. The molecule has 0 aromatic heterocycles. The molecule has 0 saturated carbocycles. The number of nitrogens with one attached hydrogen (secondary N) is 2. The van der Waals surface area contributed by atoms with Crippen molar-refractivity contribution in [3.63, 3.8) is 0 Å². The smallest absolute Gasteiger partial charge is 0.261 e. The third-order valence-electron chi connectivity index (χ3n) is 2.45. The molecule has 0 radical (unpaired) electrons. The fourth-order valence-corrected chi connectivity index (χ4v) is 1.35. The van der Waals surface area contributed by atoms with Crippen molar-refractivity contribution in [2.75, 3.05) is 6.54 Å². The Morgan fingerprint density at radius 2 is 2.29 bits per heavy atom. The lowest BCUT2D eigenvalue weighted by Crippen LogP contribution is -2.47. The lowest BCUT2D eigenvalue weighted by atomic mass is 10.1. The molecule has 0 bridgehead atoms. The number of amides is 1. The van der Waals surface area contributed by atoms with Crippen molar-refractivity contribution in [1.29, 1.82) is 0 Å². The highest BCUT2D eigenvalue weighted by Gasteiger charge is 2.14. The first-order chi connectivity index (χ1) is 8.08. The van der Waals surface area contributed by atoms with Crippen LogP contribution in [0, 0.1) is 12.7 Å². The second kappa shape index (κ2) is 6.29. The van der Waals surface area contributed by atoms with E-state index in [0.29, 0.717) is 17.7 Å². The second-order valence-corrected chi connectivity index (χ2v) is 3.73. The molecule has 1 aromatic rings. The molecule has 6 heteroatoms. The van der Waals surface area contributed by atoms with Crippen molar-refractivity contribution in [3.05, 3.63) is 35.1 Å². The predicted octanol–water partition coefficient (Wildman–Crippen LogP) is 0.0564. The van der Waals surface area contributed by atoms with Gasteiger partial charge in [0, 0.05) is 13.1 Å². The third-order valence-corrected chi connectivity index (χ3v) is 2.45. The molecule has 5 N–H and O–H groups in total. The Balaban J connectivity index is 2.59. The van der Waals surface area contributed by atoms with Gasteiger partial charge in [-0.3, -0.25) is 10.0 Å². The van der Waals surface area contributed by atoms with E-state index in [-0.39, 0.29) is 12.4 Å². The minimum absolute atomic E-state index is 0.0424. The van der Waals surface area contributed by atoms with E-state index in [2.05, 4.69) is 5.32 Å². The number of carbonyl (C=O) groups excluding carboxylic acids is 1. The van der Waals surface area contributed by atoms with Crippen molar-refractivity contribution in [2.24, 2.45) is 5.73 Å². The van der Waals surface area contributed by atoms with E-state index in [1.165, 1.54) is 11.5 Å². The topological polar surface area (TPSA) is 87.4 Å². The van der Waals surface area contributed by atoms with Crippen LogP contribution >= 0.6 is 0 Å². The van der Waals surface area contributed by atoms with Crippen molar-refractivity contribution in [3.8, 4) is 0 Å². The maximum Gasteiger partial charge on any atom is 0.261 e. The maximum atomic E-state index is 13.2. The van der Waals surface area contributed by atoms with Gasteiger partial charge < -0.3 is 11.1 Å². The van der Waals surface area contributed by atoms with E-state index in [0.717, 1.165) is 0 Å². The van der Waals surface area contributed by atoms with Crippen LogP contribution in [0.15, 0.2) is 18.2 Å². The van der Waals surface area contributed by atoms with Crippen molar-refractivity contribution in [1.82, 2.24) is 10.8 Å². The van der Waals surface area contributed by atoms with Crippen LogP contribution in [-0.4, -0.2) is 23.7 Å². The number of rotatable bonds is 5. The monoisotopic (exact) mass is 241 g/mol. The van der Waals surface area contributed by atoms with E-state index in [1.54, 1.807) is 19.1 Å². The van der Waals surface area contributed by atoms with E-state index in [9.17, 15) is 9.18 Å². The summed E-state index contributed by atoms with van der Waals surface area (Å²) < 4.78 is 13.2. The Morgan fingerprint density at radius 1 is 1.59 bits per heavy atom. The fourth-order valence-electron chi connectivity index (χ4n) is 1.35. The molecule has 0 saturated heterocycles. The third kappa shape index (κ3) is 3.77. The average molecular weight is 241 g/mol. The Bertz CT molecular complexity index is 398. The second-order valence-electron chi connectivity index (χ2n) is 3.73. The summed E-state index contributed by atoms with van der Waals surface area (Å²) in [5, 5.41) is 11.3. The number of benzene rings is 1. The first-order valence-corrected chi connectivity index (χ1v) is 5.21. The van der Waals surface area contributed by atoms with Gasteiger partial charge in [0.1, 0.15) is 11.9 Å². The lowest BCUT2D eigenvalue weighted by molar-refractivity contribution is -0.131. The highest BCUT2D eigenvalue weighted by Crippen LogP contribution is 2.08. The molecule has 0 aliphatic heterocycles. The number of hydroxylamine groups is 1. The Hall–Kier alpha value is -1.50.